The number of anilines is 1. The second-order valence-electron chi connectivity index (χ2n) is 3.13. The number of fused-ring (bicyclic) bond motifs is 1. The minimum absolute atomic E-state index is 0.282. The molecule has 0 aliphatic carbocycles. The molecule has 2 rings (SSSR count). The van der Waals surface area contributed by atoms with Gasteiger partial charge in [0.15, 0.2) is 0 Å². The lowest BCUT2D eigenvalue weighted by molar-refractivity contribution is 0.112. The van der Waals surface area contributed by atoms with E-state index in [9.17, 15) is 9.59 Å². The van der Waals surface area contributed by atoms with E-state index in [0.717, 1.165) is 0 Å². The molecule has 1 aromatic carbocycles. The van der Waals surface area contributed by atoms with Crippen LogP contribution in [-0.4, -0.2) is 30.6 Å². The van der Waals surface area contributed by atoms with Gasteiger partial charge in [-0.3, -0.25) is 9.69 Å². The maximum Gasteiger partial charge on any atom is 0.412 e. The zero-order valence-electron chi connectivity index (χ0n) is 7.84. The van der Waals surface area contributed by atoms with Crippen LogP contribution in [0, 0.1) is 0 Å². The highest BCUT2D eigenvalue weighted by atomic mass is 16.5. The van der Waals surface area contributed by atoms with Crippen molar-refractivity contribution < 1.29 is 19.4 Å². The molecule has 0 unspecified atom stereocenters. The van der Waals surface area contributed by atoms with Gasteiger partial charge in [0.25, 0.3) is 0 Å². The maximum absolute atomic E-state index is 10.9. The largest absolute Gasteiger partial charge is 0.490 e. The summed E-state index contributed by atoms with van der Waals surface area (Å²) >= 11 is 0. The quantitative estimate of drug-likeness (QED) is 0.706. The number of hydrogen-bond acceptors (Lipinski definition) is 3. The number of amides is 1. The van der Waals surface area contributed by atoms with Gasteiger partial charge in [0, 0.05) is 5.56 Å². The molecule has 15 heavy (non-hydrogen) atoms. The second-order valence-corrected chi connectivity index (χ2v) is 3.13. The zero-order chi connectivity index (χ0) is 10.8. The van der Waals surface area contributed by atoms with Gasteiger partial charge < -0.3 is 9.84 Å². The first-order chi connectivity index (χ1) is 7.22. The summed E-state index contributed by atoms with van der Waals surface area (Å²) in [6.45, 7) is 0.615. The van der Waals surface area contributed by atoms with E-state index in [1.807, 2.05) is 0 Å². The molecule has 0 atom stereocenters. The topological polar surface area (TPSA) is 66.8 Å². The number of hydrogen-bond donors (Lipinski definition) is 1. The van der Waals surface area contributed by atoms with Gasteiger partial charge in [-0.25, -0.2) is 4.79 Å². The van der Waals surface area contributed by atoms with Crippen molar-refractivity contribution in [3.05, 3.63) is 23.8 Å². The molecule has 1 aliphatic rings. The fraction of sp³-hybridized carbons (Fsp3) is 0.200. The Hall–Kier alpha value is -2.04. The lowest BCUT2D eigenvalue weighted by Crippen LogP contribution is -2.36. The normalized spacial score (nSPS) is 14.0. The van der Waals surface area contributed by atoms with Gasteiger partial charge in [0.05, 0.1) is 12.2 Å². The predicted octanol–water partition coefficient (Wildman–Crippen LogP) is 1.38. The van der Waals surface area contributed by atoms with Crippen molar-refractivity contribution >= 4 is 18.1 Å². The molecule has 1 aliphatic heterocycles. The van der Waals surface area contributed by atoms with Crippen molar-refractivity contribution in [3.8, 4) is 5.75 Å². The van der Waals surface area contributed by atoms with Gasteiger partial charge in [0.1, 0.15) is 18.6 Å². The standard InChI is InChI=1S/C10H9NO4/c12-6-7-1-2-9-8(5-7)11(10(13)14)3-4-15-9/h1-2,5-6H,3-4H2,(H,13,14). The van der Waals surface area contributed by atoms with Crippen LogP contribution >= 0.6 is 0 Å². The number of carbonyl (C=O) groups is 2. The SMILES string of the molecule is O=Cc1ccc2c(c1)N(C(=O)O)CCO2. The number of carbonyl (C=O) groups excluding carboxylic acids is 1. The van der Waals surface area contributed by atoms with Crippen LogP contribution in [0.25, 0.3) is 0 Å². The summed E-state index contributed by atoms with van der Waals surface area (Å²) in [7, 11) is 0. The first-order valence-corrected chi connectivity index (χ1v) is 4.45. The molecule has 0 saturated carbocycles. The Morgan fingerprint density at radius 2 is 2.33 bits per heavy atom. The van der Waals surface area contributed by atoms with E-state index < -0.39 is 6.09 Å². The summed E-state index contributed by atoms with van der Waals surface area (Å²) in [5, 5.41) is 8.93. The summed E-state index contributed by atoms with van der Waals surface area (Å²) in [6, 6.07) is 4.71. The number of nitrogens with zero attached hydrogens (tertiary/aromatic N) is 1. The van der Waals surface area contributed by atoms with Crippen molar-refractivity contribution in [1.82, 2.24) is 0 Å². The van der Waals surface area contributed by atoms with E-state index in [-0.39, 0.29) is 6.54 Å². The van der Waals surface area contributed by atoms with Crippen LogP contribution in [0.15, 0.2) is 18.2 Å². The fourth-order valence-corrected chi connectivity index (χ4v) is 1.51. The van der Waals surface area contributed by atoms with Crippen molar-refractivity contribution in [2.75, 3.05) is 18.1 Å². The third-order valence-corrected chi connectivity index (χ3v) is 2.21. The summed E-state index contributed by atoms with van der Waals surface area (Å²) in [4.78, 5) is 22.6. The average molecular weight is 207 g/mol. The molecule has 0 saturated heterocycles. The molecule has 1 N–H and O–H groups in total. The van der Waals surface area contributed by atoms with Gasteiger partial charge in [-0.15, -0.1) is 0 Å². The van der Waals surface area contributed by atoms with Crippen LogP contribution in [0.2, 0.25) is 0 Å². The average Bonchev–Trinajstić information content (AvgIpc) is 2.27. The summed E-state index contributed by atoms with van der Waals surface area (Å²) in [5.41, 5.74) is 0.865. The highest BCUT2D eigenvalue weighted by Gasteiger charge is 2.23. The van der Waals surface area contributed by atoms with Gasteiger partial charge in [-0.05, 0) is 18.2 Å². The van der Waals surface area contributed by atoms with Gasteiger partial charge in [-0.2, -0.15) is 0 Å². The third-order valence-electron chi connectivity index (χ3n) is 2.21. The lowest BCUT2D eigenvalue weighted by Gasteiger charge is -2.27. The van der Waals surface area contributed by atoms with Crippen molar-refractivity contribution in [1.29, 1.82) is 0 Å². The van der Waals surface area contributed by atoms with E-state index in [1.54, 1.807) is 12.1 Å². The van der Waals surface area contributed by atoms with E-state index in [0.29, 0.717) is 29.9 Å². The third kappa shape index (κ3) is 1.63. The van der Waals surface area contributed by atoms with E-state index in [4.69, 9.17) is 9.84 Å². The summed E-state index contributed by atoms with van der Waals surface area (Å²) < 4.78 is 5.28. The molecule has 78 valence electrons. The number of rotatable bonds is 1. The predicted molar refractivity (Wildman–Crippen MR) is 52.7 cm³/mol. The van der Waals surface area contributed by atoms with Crippen LogP contribution in [0.3, 0.4) is 0 Å². The monoisotopic (exact) mass is 207 g/mol. The van der Waals surface area contributed by atoms with Crippen molar-refractivity contribution in [3.63, 3.8) is 0 Å². The molecule has 1 amide bonds. The molecule has 0 spiro atoms. The number of benzene rings is 1. The molecule has 0 aromatic heterocycles. The fourth-order valence-electron chi connectivity index (χ4n) is 1.51. The smallest absolute Gasteiger partial charge is 0.412 e. The van der Waals surface area contributed by atoms with Crippen LogP contribution in [0.5, 0.6) is 5.75 Å². The highest BCUT2D eigenvalue weighted by molar-refractivity contribution is 5.90. The van der Waals surface area contributed by atoms with Gasteiger partial charge in [0.2, 0.25) is 0 Å². The van der Waals surface area contributed by atoms with Crippen LogP contribution < -0.4 is 9.64 Å². The number of carboxylic acid groups (broad SMARTS) is 1. The second kappa shape index (κ2) is 3.61. The van der Waals surface area contributed by atoms with E-state index >= 15 is 0 Å². The summed E-state index contributed by atoms with van der Waals surface area (Å²) in [5.74, 6) is 0.495. The van der Waals surface area contributed by atoms with Crippen molar-refractivity contribution in [2.24, 2.45) is 0 Å². The number of aldehydes is 1. The van der Waals surface area contributed by atoms with Crippen molar-refractivity contribution in [2.45, 2.75) is 0 Å². The Kier molecular flexibility index (Phi) is 2.29. The molecular weight excluding hydrogens is 198 g/mol. The van der Waals surface area contributed by atoms with E-state index in [2.05, 4.69) is 0 Å². The molecular formula is C10H9NO4. The Labute approximate surface area is 85.9 Å². The summed E-state index contributed by atoms with van der Waals surface area (Å²) in [6.07, 6.45) is -0.364. The molecule has 5 nitrogen and oxygen atoms in total. The van der Waals surface area contributed by atoms with E-state index in [1.165, 1.54) is 11.0 Å². The first-order valence-electron chi connectivity index (χ1n) is 4.45. The highest BCUT2D eigenvalue weighted by Crippen LogP contribution is 2.32. The molecule has 1 heterocycles. The molecule has 5 heteroatoms. The van der Waals surface area contributed by atoms with Crippen LogP contribution in [0.4, 0.5) is 10.5 Å². The Morgan fingerprint density at radius 1 is 1.53 bits per heavy atom. The minimum atomic E-state index is -1.04. The lowest BCUT2D eigenvalue weighted by atomic mass is 10.1. The van der Waals surface area contributed by atoms with Crippen LogP contribution in [-0.2, 0) is 0 Å². The Bertz CT molecular complexity index is 416. The molecule has 0 bridgehead atoms. The maximum atomic E-state index is 10.9. The first kappa shape index (κ1) is 9.51. The zero-order valence-corrected chi connectivity index (χ0v) is 7.84. The minimum Gasteiger partial charge on any atom is -0.490 e. The Balaban J connectivity index is 2.48. The van der Waals surface area contributed by atoms with Gasteiger partial charge >= 0.3 is 6.09 Å². The van der Waals surface area contributed by atoms with Gasteiger partial charge in [-0.1, -0.05) is 0 Å². The van der Waals surface area contributed by atoms with Crippen LogP contribution in [0.1, 0.15) is 10.4 Å². The molecule has 0 fully saturated rings. The molecule has 0 radical (unpaired) electrons. The Morgan fingerprint density at radius 3 is 3.00 bits per heavy atom. The number of ether oxygens (including phenoxy) is 1. The molecule has 1 aromatic rings.